The van der Waals surface area contributed by atoms with Gasteiger partial charge in [-0.3, -0.25) is 4.68 Å². The minimum Gasteiger partial charge on any atom is -0.496 e. The molecule has 0 saturated heterocycles. The molecule has 0 N–H and O–H groups in total. The standard InChI is InChI=1S/C13H16N2O3/c1-4-15-8-10-11(14-15)6-9(7-12(10)17-3)13(16)18-5-2/h6-8H,4-5H2,1-3H3. The van der Waals surface area contributed by atoms with Crippen molar-refractivity contribution < 1.29 is 14.3 Å². The van der Waals surface area contributed by atoms with Crippen LogP contribution < -0.4 is 4.74 Å². The van der Waals surface area contributed by atoms with Gasteiger partial charge in [0.1, 0.15) is 5.75 Å². The lowest BCUT2D eigenvalue weighted by atomic mass is 10.1. The molecule has 0 saturated carbocycles. The van der Waals surface area contributed by atoms with Crippen molar-refractivity contribution in [2.24, 2.45) is 0 Å². The van der Waals surface area contributed by atoms with Crippen LogP contribution in [0.2, 0.25) is 0 Å². The van der Waals surface area contributed by atoms with Crippen molar-refractivity contribution in [3.63, 3.8) is 0 Å². The molecule has 18 heavy (non-hydrogen) atoms. The summed E-state index contributed by atoms with van der Waals surface area (Å²) in [6, 6.07) is 3.41. The Morgan fingerprint density at radius 1 is 1.39 bits per heavy atom. The lowest BCUT2D eigenvalue weighted by Gasteiger charge is -2.05. The molecule has 0 spiro atoms. The SMILES string of the molecule is CCOC(=O)c1cc(OC)c2cn(CC)nc2c1. The molecule has 0 unspecified atom stereocenters. The van der Waals surface area contributed by atoms with E-state index in [1.807, 2.05) is 17.8 Å². The van der Waals surface area contributed by atoms with Gasteiger partial charge in [-0.25, -0.2) is 4.79 Å². The summed E-state index contributed by atoms with van der Waals surface area (Å²) in [6.07, 6.45) is 1.91. The highest BCUT2D eigenvalue weighted by Crippen LogP contribution is 2.27. The van der Waals surface area contributed by atoms with Crippen molar-refractivity contribution >= 4 is 16.9 Å². The quantitative estimate of drug-likeness (QED) is 0.779. The Morgan fingerprint density at radius 3 is 2.78 bits per heavy atom. The molecule has 0 aliphatic carbocycles. The molecular weight excluding hydrogens is 232 g/mol. The number of hydrogen-bond acceptors (Lipinski definition) is 4. The number of carbonyl (C=O) groups is 1. The van der Waals surface area contributed by atoms with Gasteiger partial charge in [-0.1, -0.05) is 0 Å². The second kappa shape index (κ2) is 5.08. The molecule has 0 aliphatic rings. The molecule has 0 fully saturated rings. The van der Waals surface area contributed by atoms with Gasteiger partial charge in [0.15, 0.2) is 0 Å². The summed E-state index contributed by atoms with van der Waals surface area (Å²) in [6.45, 7) is 4.90. The minimum absolute atomic E-state index is 0.350. The largest absolute Gasteiger partial charge is 0.496 e. The van der Waals surface area contributed by atoms with Crippen LogP contribution in [0.3, 0.4) is 0 Å². The zero-order valence-corrected chi connectivity index (χ0v) is 10.8. The summed E-state index contributed by atoms with van der Waals surface area (Å²) in [4.78, 5) is 11.7. The predicted molar refractivity (Wildman–Crippen MR) is 67.9 cm³/mol. The third-order valence-corrected chi connectivity index (χ3v) is 2.69. The van der Waals surface area contributed by atoms with Gasteiger partial charge in [-0.2, -0.15) is 5.10 Å². The third-order valence-electron chi connectivity index (χ3n) is 2.69. The number of carbonyl (C=O) groups excluding carboxylic acids is 1. The number of esters is 1. The first-order valence-corrected chi connectivity index (χ1v) is 5.91. The summed E-state index contributed by atoms with van der Waals surface area (Å²) in [5.41, 5.74) is 1.20. The Morgan fingerprint density at radius 2 is 2.17 bits per heavy atom. The van der Waals surface area contributed by atoms with E-state index >= 15 is 0 Å². The first kappa shape index (κ1) is 12.4. The van der Waals surface area contributed by atoms with Gasteiger partial charge in [-0.15, -0.1) is 0 Å². The first-order valence-electron chi connectivity index (χ1n) is 5.91. The molecule has 0 radical (unpaired) electrons. The van der Waals surface area contributed by atoms with Crippen LogP contribution in [-0.4, -0.2) is 29.5 Å². The number of nitrogens with zero attached hydrogens (tertiary/aromatic N) is 2. The predicted octanol–water partition coefficient (Wildman–Crippen LogP) is 2.24. The molecule has 0 bridgehead atoms. The lowest BCUT2D eigenvalue weighted by Crippen LogP contribution is -2.04. The molecule has 1 aromatic carbocycles. The van der Waals surface area contributed by atoms with Crippen molar-refractivity contribution in [3.8, 4) is 5.75 Å². The van der Waals surface area contributed by atoms with Crippen LogP contribution >= 0.6 is 0 Å². The van der Waals surface area contributed by atoms with Crippen molar-refractivity contribution in [1.82, 2.24) is 9.78 Å². The number of aromatic nitrogens is 2. The average Bonchev–Trinajstić information content (AvgIpc) is 2.80. The van der Waals surface area contributed by atoms with E-state index in [1.54, 1.807) is 26.2 Å². The highest BCUT2D eigenvalue weighted by atomic mass is 16.5. The number of aryl methyl sites for hydroxylation is 1. The van der Waals surface area contributed by atoms with Crippen molar-refractivity contribution in [2.45, 2.75) is 20.4 Å². The van der Waals surface area contributed by atoms with Crippen LogP contribution in [0.25, 0.3) is 10.9 Å². The Bertz CT molecular complexity index is 575. The van der Waals surface area contributed by atoms with E-state index in [-0.39, 0.29) is 5.97 Å². The Hall–Kier alpha value is -2.04. The molecule has 96 valence electrons. The van der Waals surface area contributed by atoms with Crippen LogP contribution in [0.4, 0.5) is 0 Å². The molecule has 2 aromatic rings. The number of ether oxygens (including phenoxy) is 2. The fourth-order valence-corrected chi connectivity index (χ4v) is 1.80. The zero-order valence-electron chi connectivity index (χ0n) is 10.8. The van der Waals surface area contributed by atoms with Crippen LogP contribution in [-0.2, 0) is 11.3 Å². The topological polar surface area (TPSA) is 53.4 Å². The molecule has 5 heteroatoms. The monoisotopic (exact) mass is 248 g/mol. The lowest BCUT2D eigenvalue weighted by molar-refractivity contribution is 0.0526. The van der Waals surface area contributed by atoms with Crippen LogP contribution in [0.15, 0.2) is 18.3 Å². The highest BCUT2D eigenvalue weighted by molar-refractivity contribution is 5.96. The summed E-state index contributed by atoms with van der Waals surface area (Å²) in [5, 5.41) is 5.27. The average molecular weight is 248 g/mol. The van der Waals surface area contributed by atoms with Gasteiger partial charge in [0, 0.05) is 12.7 Å². The second-order valence-electron chi connectivity index (χ2n) is 3.82. The molecule has 0 amide bonds. The molecular formula is C13H16N2O3. The maximum Gasteiger partial charge on any atom is 0.338 e. The maximum atomic E-state index is 11.7. The number of hydrogen-bond donors (Lipinski definition) is 0. The van der Waals surface area contributed by atoms with Crippen molar-refractivity contribution in [1.29, 1.82) is 0 Å². The Kier molecular flexibility index (Phi) is 3.50. The van der Waals surface area contributed by atoms with Crippen LogP contribution in [0.1, 0.15) is 24.2 Å². The molecule has 5 nitrogen and oxygen atoms in total. The molecule has 2 rings (SSSR count). The van der Waals surface area contributed by atoms with E-state index in [0.717, 1.165) is 17.4 Å². The third kappa shape index (κ3) is 2.16. The summed E-state index contributed by atoms with van der Waals surface area (Å²) in [7, 11) is 1.58. The molecule has 0 atom stereocenters. The summed E-state index contributed by atoms with van der Waals surface area (Å²) < 4.78 is 12.1. The van der Waals surface area contributed by atoms with Gasteiger partial charge in [-0.05, 0) is 26.0 Å². The van der Waals surface area contributed by atoms with Crippen molar-refractivity contribution in [3.05, 3.63) is 23.9 Å². The number of rotatable bonds is 4. The van der Waals surface area contributed by atoms with Gasteiger partial charge in [0.25, 0.3) is 0 Å². The smallest absolute Gasteiger partial charge is 0.338 e. The van der Waals surface area contributed by atoms with E-state index in [2.05, 4.69) is 5.10 Å². The van der Waals surface area contributed by atoms with E-state index in [4.69, 9.17) is 9.47 Å². The van der Waals surface area contributed by atoms with E-state index in [0.29, 0.717) is 17.9 Å². The minimum atomic E-state index is -0.358. The van der Waals surface area contributed by atoms with E-state index in [1.165, 1.54) is 0 Å². The van der Waals surface area contributed by atoms with Crippen LogP contribution in [0.5, 0.6) is 5.75 Å². The van der Waals surface area contributed by atoms with Gasteiger partial charge in [0.2, 0.25) is 0 Å². The highest BCUT2D eigenvalue weighted by Gasteiger charge is 2.13. The second-order valence-corrected chi connectivity index (χ2v) is 3.82. The molecule has 1 heterocycles. The fraction of sp³-hybridized carbons (Fsp3) is 0.385. The zero-order chi connectivity index (χ0) is 13.1. The van der Waals surface area contributed by atoms with Gasteiger partial charge < -0.3 is 9.47 Å². The molecule has 0 aliphatic heterocycles. The number of benzene rings is 1. The first-order chi connectivity index (χ1) is 8.69. The maximum absolute atomic E-state index is 11.7. The van der Waals surface area contributed by atoms with E-state index in [9.17, 15) is 4.79 Å². The normalized spacial score (nSPS) is 10.6. The van der Waals surface area contributed by atoms with Gasteiger partial charge >= 0.3 is 5.97 Å². The molecule has 1 aromatic heterocycles. The number of fused-ring (bicyclic) bond motifs is 1. The van der Waals surface area contributed by atoms with Gasteiger partial charge in [0.05, 0.1) is 30.2 Å². The fourth-order valence-electron chi connectivity index (χ4n) is 1.80. The summed E-state index contributed by atoms with van der Waals surface area (Å²) in [5.74, 6) is 0.277. The van der Waals surface area contributed by atoms with Crippen LogP contribution in [0, 0.1) is 0 Å². The van der Waals surface area contributed by atoms with Crippen molar-refractivity contribution in [2.75, 3.05) is 13.7 Å². The number of methoxy groups -OCH3 is 1. The van der Waals surface area contributed by atoms with E-state index < -0.39 is 0 Å². The Labute approximate surface area is 105 Å². The Balaban J connectivity index is 2.54. The summed E-state index contributed by atoms with van der Waals surface area (Å²) >= 11 is 0.